The predicted molar refractivity (Wildman–Crippen MR) is 102 cm³/mol. The summed E-state index contributed by atoms with van der Waals surface area (Å²) in [4.78, 5) is 2.42. The fourth-order valence-corrected chi connectivity index (χ4v) is 4.23. The molecule has 0 aromatic heterocycles. The molecule has 0 N–H and O–H groups in total. The molecule has 0 saturated heterocycles. The van der Waals surface area contributed by atoms with Gasteiger partial charge in [-0.3, -0.25) is 0 Å². The molecule has 0 radical (unpaired) electrons. The van der Waals surface area contributed by atoms with Gasteiger partial charge in [-0.15, -0.1) is 11.8 Å². The van der Waals surface area contributed by atoms with Gasteiger partial charge in [-0.25, -0.2) is 0 Å². The maximum atomic E-state index is 5.50. The van der Waals surface area contributed by atoms with E-state index in [0.29, 0.717) is 0 Å². The van der Waals surface area contributed by atoms with E-state index in [-0.39, 0.29) is 0 Å². The van der Waals surface area contributed by atoms with E-state index in [2.05, 4.69) is 25.0 Å². The van der Waals surface area contributed by atoms with Crippen molar-refractivity contribution in [1.82, 2.24) is 4.90 Å². The van der Waals surface area contributed by atoms with Gasteiger partial charge in [-0.05, 0) is 37.9 Å². The first kappa shape index (κ1) is 19.3. The Kier molecular flexibility index (Phi) is 10.8. The average molecular weight is 330 g/mol. The van der Waals surface area contributed by atoms with Gasteiger partial charge in [0.25, 0.3) is 0 Å². The maximum Gasteiger partial charge on any atom is 0.136 e. The third kappa shape index (κ3) is 7.88. The predicted octanol–water partition coefficient (Wildman–Crippen LogP) is 6.12. The molecule has 0 amide bonds. The van der Waals surface area contributed by atoms with Crippen molar-refractivity contribution in [2.75, 3.05) is 19.3 Å². The van der Waals surface area contributed by atoms with Crippen molar-refractivity contribution in [3.63, 3.8) is 0 Å². The smallest absolute Gasteiger partial charge is 0.136 e. The highest BCUT2D eigenvalue weighted by atomic mass is 32.2. The molecule has 124 valence electrons. The van der Waals surface area contributed by atoms with Gasteiger partial charge in [0, 0.05) is 13.1 Å². The Balaban J connectivity index is 2.47. The lowest BCUT2D eigenvalue weighted by Crippen LogP contribution is -2.32. The largest absolute Gasteiger partial charge is 0.358 e. The summed E-state index contributed by atoms with van der Waals surface area (Å²) in [6.07, 6.45) is 16.4. The van der Waals surface area contributed by atoms with Crippen LogP contribution in [0.5, 0.6) is 0 Å². The fraction of sp³-hybridized carbons (Fsp3) is 0.944. The number of hydrogen-bond acceptors (Lipinski definition) is 2. The highest BCUT2D eigenvalue weighted by Gasteiger charge is 2.16. The first-order valence-corrected chi connectivity index (χ1v) is 10.7. The van der Waals surface area contributed by atoms with Gasteiger partial charge in [-0.2, -0.15) is 0 Å². The molecule has 2 unspecified atom stereocenters. The Bertz CT molecular complexity index is 280. The molecule has 3 heteroatoms. The summed E-state index contributed by atoms with van der Waals surface area (Å²) < 4.78 is 1.08. The summed E-state index contributed by atoms with van der Waals surface area (Å²) in [6, 6.07) is 0. The topological polar surface area (TPSA) is 3.24 Å². The first-order chi connectivity index (χ1) is 10.2. The molecule has 1 fully saturated rings. The minimum Gasteiger partial charge on any atom is -0.358 e. The van der Waals surface area contributed by atoms with Crippen molar-refractivity contribution in [2.24, 2.45) is 11.8 Å². The second kappa shape index (κ2) is 11.8. The molecule has 0 aliphatic heterocycles. The van der Waals surface area contributed by atoms with E-state index in [1.54, 1.807) is 11.8 Å². The van der Waals surface area contributed by atoms with E-state index < -0.39 is 0 Å². The van der Waals surface area contributed by atoms with Crippen LogP contribution in [0, 0.1) is 11.8 Å². The Morgan fingerprint density at radius 1 is 0.952 bits per heavy atom. The van der Waals surface area contributed by atoms with E-state index in [1.807, 2.05) is 0 Å². The second-order valence-electron chi connectivity index (χ2n) is 6.57. The standard InChI is InChI=1S/C18H35NS2/c1-4-16-11-7-6-8-13-17(14-10-9-12-16)15-19(5-2)18(20)21-3/h16-17H,4-15H2,1-3H3. The molecule has 0 heterocycles. The van der Waals surface area contributed by atoms with Crippen molar-refractivity contribution in [2.45, 2.75) is 78.1 Å². The summed E-state index contributed by atoms with van der Waals surface area (Å²) in [5.41, 5.74) is 0. The maximum absolute atomic E-state index is 5.50. The van der Waals surface area contributed by atoms with Gasteiger partial charge >= 0.3 is 0 Å². The molecule has 1 saturated carbocycles. The molecule has 0 spiro atoms. The fourth-order valence-electron chi connectivity index (χ4n) is 3.56. The Labute approximate surface area is 142 Å². The zero-order valence-corrected chi connectivity index (χ0v) is 16.0. The van der Waals surface area contributed by atoms with Crippen molar-refractivity contribution < 1.29 is 0 Å². The number of thiocarbonyl (C=S) groups is 1. The third-order valence-electron chi connectivity index (χ3n) is 5.07. The summed E-state index contributed by atoms with van der Waals surface area (Å²) >= 11 is 7.22. The van der Waals surface area contributed by atoms with Crippen LogP contribution in [0.2, 0.25) is 0 Å². The van der Waals surface area contributed by atoms with Crippen LogP contribution in [0.25, 0.3) is 0 Å². The zero-order valence-electron chi connectivity index (χ0n) is 14.4. The lowest BCUT2D eigenvalue weighted by atomic mass is 9.93. The average Bonchev–Trinajstić information content (AvgIpc) is 2.56. The van der Waals surface area contributed by atoms with Crippen molar-refractivity contribution in [1.29, 1.82) is 0 Å². The molecule has 21 heavy (non-hydrogen) atoms. The molecule has 1 rings (SSSR count). The van der Waals surface area contributed by atoms with Crippen LogP contribution in [0.4, 0.5) is 0 Å². The Hall–Kier alpha value is 0.240. The summed E-state index contributed by atoms with van der Waals surface area (Å²) in [7, 11) is 0. The second-order valence-corrected chi connectivity index (χ2v) is 8.01. The van der Waals surface area contributed by atoms with Gasteiger partial charge in [0.05, 0.1) is 0 Å². The van der Waals surface area contributed by atoms with Crippen LogP contribution in [0.15, 0.2) is 0 Å². The number of hydrogen-bond donors (Lipinski definition) is 0. The zero-order chi connectivity index (χ0) is 15.5. The molecular formula is C18H35NS2. The van der Waals surface area contributed by atoms with Gasteiger partial charge in [0.1, 0.15) is 4.32 Å². The minimum atomic E-state index is 0.855. The highest BCUT2D eigenvalue weighted by Crippen LogP contribution is 2.26. The Morgan fingerprint density at radius 3 is 1.95 bits per heavy atom. The molecule has 1 nitrogen and oxygen atoms in total. The Morgan fingerprint density at radius 2 is 1.48 bits per heavy atom. The lowest BCUT2D eigenvalue weighted by molar-refractivity contribution is 0.312. The summed E-state index contributed by atoms with van der Waals surface area (Å²) in [5, 5.41) is 0. The molecule has 1 aliphatic carbocycles. The van der Waals surface area contributed by atoms with E-state index in [9.17, 15) is 0 Å². The van der Waals surface area contributed by atoms with Crippen LogP contribution < -0.4 is 0 Å². The van der Waals surface area contributed by atoms with E-state index in [4.69, 9.17) is 12.2 Å². The normalized spacial score (nSPS) is 25.1. The van der Waals surface area contributed by atoms with Gasteiger partial charge in [-0.1, -0.05) is 70.5 Å². The van der Waals surface area contributed by atoms with E-state index in [1.165, 1.54) is 70.8 Å². The first-order valence-electron chi connectivity index (χ1n) is 9.04. The monoisotopic (exact) mass is 329 g/mol. The molecule has 1 aliphatic rings. The molecular weight excluding hydrogens is 294 g/mol. The molecule has 0 aromatic carbocycles. The minimum absolute atomic E-state index is 0.855. The highest BCUT2D eigenvalue weighted by molar-refractivity contribution is 8.22. The quantitative estimate of drug-likeness (QED) is 0.572. The number of nitrogens with zero attached hydrogens (tertiary/aromatic N) is 1. The SMILES string of the molecule is CCC1CCCCCC(CN(CC)C(=S)SC)CCCC1. The van der Waals surface area contributed by atoms with Crippen LogP contribution in [0.1, 0.15) is 78.1 Å². The van der Waals surface area contributed by atoms with Crippen LogP contribution in [-0.4, -0.2) is 28.6 Å². The van der Waals surface area contributed by atoms with E-state index in [0.717, 1.165) is 22.7 Å². The van der Waals surface area contributed by atoms with Crippen molar-refractivity contribution in [3.05, 3.63) is 0 Å². The number of rotatable bonds is 4. The number of thioether (sulfide) groups is 1. The summed E-state index contributed by atoms with van der Waals surface area (Å²) in [6.45, 7) is 6.86. The third-order valence-corrected chi connectivity index (χ3v) is 6.44. The van der Waals surface area contributed by atoms with Gasteiger partial charge in [0.15, 0.2) is 0 Å². The molecule has 0 bridgehead atoms. The van der Waals surface area contributed by atoms with E-state index >= 15 is 0 Å². The van der Waals surface area contributed by atoms with Crippen LogP contribution >= 0.6 is 24.0 Å². The molecule has 2 atom stereocenters. The molecule has 0 aromatic rings. The van der Waals surface area contributed by atoms with Crippen molar-refractivity contribution >= 4 is 28.3 Å². The van der Waals surface area contributed by atoms with Crippen LogP contribution in [-0.2, 0) is 0 Å². The lowest BCUT2D eigenvalue weighted by Gasteiger charge is -2.28. The summed E-state index contributed by atoms with van der Waals surface area (Å²) in [5.74, 6) is 1.85. The van der Waals surface area contributed by atoms with Crippen molar-refractivity contribution in [3.8, 4) is 0 Å². The van der Waals surface area contributed by atoms with Gasteiger partial charge in [0.2, 0.25) is 0 Å². The van der Waals surface area contributed by atoms with Gasteiger partial charge < -0.3 is 4.90 Å². The van der Waals surface area contributed by atoms with Crippen LogP contribution in [0.3, 0.4) is 0 Å².